The number of carboxylic acids is 1. The second kappa shape index (κ2) is 7.33. The van der Waals surface area contributed by atoms with Gasteiger partial charge in [0.15, 0.2) is 0 Å². The Labute approximate surface area is 114 Å². The third-order valence-electron chi connectivity index (χ3n) is 3.35. The third-order valence-corrected chi connectivity index (χ3v) is 3.35. The third kappa shape index (κ3) is 5.92. The number of rotatable bonds is 6. The summed E-state index contributed by atoms with van der Waals surface area (Å²) in [6.07, 6.45) is 1.51. The predicted molar refractivity (Wildman–Crippen MR) is 73.0 cm³/mol. The number of nitrogens with one attached hydrogen (secondary N) is 2. The molecule has 0 spiro atoms. The van der Waals surface area contributed by atoms with Gasteiger partial charge in [0.1, 0.15) is 6.04 Å². The Hall–Kier alpha value is -1.30. The van der Waals surface area contributed by atoms with Crippen LogP contribution in [0.1, 0.15) is 26.7 Å². The summed E-state index contributed by atoms with van der Waals surface area (Å²) in [6.45, 7) is 6.51. The topological polar surface area (TPSA) is 81.7 Å². The maximum atomic E-state index is 11.7. The first-order chi connectivity index (χ1) is 8.88. The van der Waals surface area contributed by atoms with Crippen LogP contribution < -0.4 is 10.6 Å². The van der Waals surface area contributed by atoms with Gasteiger partial charge in [-0.2, -0.15) is 0 Å². The van der Waals surface area contributed by atoms with Crippen LogP contribution in [0.3, 0.4) is 0 Å². The smallest absolute Gasteiger partial charge is 0.326 e. The van der Waals surface area contributed by atoms with Crippen LogP contribution in [0.25, 0.3) is 0 Å². The number of carbonyl (C=O) groups excluding carboxylic acids is 1. The van der Waals surface area contributed by atoms with Crippen LogP contribution in [0.2, 0.25) is 0 Å². The molecule has 1 aliphatic rings. The molecule has 0 aromatic rings. The van der Waals surface area contributed by atoms with Gasteiger partial charge in [-0.1, -0.05) is 13.8 Å². The highest BCUT2D eigenvalue weighted by Gasteiger charge is 2.23. The molecule has 1 fully saturated rings. The maximum absolute atomic E-state index is 11.7. The summed E-state index contributed by atoms with van der Waals surface area (Å²) in [5.41, 5.74) is 0. The molecule has 1 saturated heterocycles. The summed E-state index contributed by atoms with van der Waals surface area (Å²) < 4.78 is 0. The molecule has 2 unspecified atom stereocenters. The van der Waals surface area contributed by atoms with Crippen molar-refractivity contribution >= 4 is 12.0 Å². The van der Waals surface area contributed by atoms with Crippen molar-refractivity contribution in [2.75, 3.05) is 26.7 Å². The fourth-order valence-electron chi connectivity index (χ4n) is 2.33. The van der Waals surface area contributed by atoms with Crippen molar-refractivity contribution in [1.82, 2.24) is 15.5 Å². The molecule has 1 aliphatic heterocycles. The van der Waals surface area contributed by atoms with Crippen LogP contribution in [-0.2, 0) is 4.79 Å². The van der Waals surface area contributed by atoms with E-state index in [1.807, 2.05) is 13.8 Å². The number of hydrogen-bond donors (Lipinski definition) is 3. The number of urea groups is 1. The summed E-state index contributed by atoms with van der Waals surface area (Å²) >= 11 is 0. The maximum Gasteiger partial charge on any atom is 0.326 e. The molecule has 6 nitrogen and oxygen atoms in total. The molecular formula is C13H25N3O3. The van der Waals surface area contributed by atoms with Gasteiger partial charge in [-0.3, -0.25) is 0 Å². The Morgan fingerprint density at radius 2 is 2.11 bits per heavy atom. The molecule has 19 heavy (non-hydrogen) atoms. The van der Waals surface area contributed by atoms with Crippen molar-refractivity contribution in [2.45, 2.75) is 32.7 Å². The number of carboxylic acid groups (broad SMARTS) is 1. The number of nitrogens with zero attached hydrogens (tertiary/aromatic N) is 1. The van der Waals surface area contributed by atoms with Crippen LogP contribution in [0.4, 0.5) is 4.79 Å². The molecule has 0 aromatic heterocycles. The van der Waals surface area contributed by atoms with Gasteiger partial charge in [-0.25, -0.2) is 9.59 Å². The summed E-state index contributed by atoms with van der Waals surface area (Å²) in [6, 6.07) is -1.20. The molecule has 110 valence electrons. The summed E-state index contributed by atoms with van der Waals surface area (Å²) in [5.74, 6) is -0.293. The van der Waals surface area contributed by atoms with Gasteiger partial charge in [0.2, 0.25) is 0 Å². The quantitative estimate of drug-likeness (QED) is 0.665. The van der Waals surface area contributed by atoms with E-state index in [-0.39, 0.29) is 11.9 Å². The van der Waals surface area contributed by atoms with Gasteiger partial charge < -0.3 is 20.6 Å². The Bertz CT molecular complexity index is 320. The van der Waals surface area contributed by atoms with Crippen LogP contribution >= 0.6 is 0 Å². The number of aliphatic carboxylic acids is 1. The highest BCUT2D eigenvalue weighted by atomic mass is 16.4. The summed E-state index contributed by atoms with van der Waals surface area (Å²) in [7, 11) is 2.06. The van der Waals surface area contributed by atoms with Gasteiger partial charge >= 0.3 is 12.0 Å². The van der Waals surface area contributed by atoms with Crippen molar-refractivity contribution < 1.29 is 14.7 Å². The van der Waals surface area contributed by atoms with Gasteiger partial charge in [-0.15, -0.1) is 0 Å². The molecule has 0 bridgehead atoms. The Balaban J connectivity index is 2.30. The summed E-state index contributed by atoms with van der Waals surface area (Å²) in [5, 5.41) is 14.3. The Kier molecular flexibility index (Phi) is 6.08. The fraction of sp³-hybridized carbons (Fsp3) is 0.846. The molecule has 2 amide bonds. The fourth-order valence-corrected chi connectivity index (χ4v) is 2.33. The molecule has 1 rings (SSSR count). The lowest BCUT2D eigenvalue weighted by molar-refractivity contribution is -0.139. The molecule has 3 N–H and O–H groups in total. The van der Waals surface area contributed by atoms with E-state index in [0.29, 0.717) is 18.9 Å². The normalized spacial score (nSPS) is 21.4. The second-order valence-electron chi connectivity index (χ2n) is 5.79. The van der Waals surface area contributed by atoms with E-state index in [1.54, 1.807) is 0 Å². The first-order valence-electron chi connectivity index (χ1n) is 6.84. The number of likely N-dealkylation sites (tertiary alicyclic amines) is 1. The minimum Gasteiger partial charge on any atom is -0.480 e. The highest BCUT2D eigenvalue weighted by molar-refractivity contribution is 5.82. The lowest BCUT2D eigenvalue weighted by Crippen LogP contribution is -2.47. The largest absolute Gasteiger partial charge is 0.480 e. The lowest BCUT2D eigenvalue weighted by Gasteiger charge is -2.18. The van der Waals surface area contributed by atoms with E-state index < -0.39 is 12.0 Å². The van der Waals surface area contributed by atoms with E-state index in [2.05, 4.69) is 22.6 Å². The molecule has 2 atom stereocenters. The second-order valence-corrected chi connectivity index (χ2v) is 5.79. The molecule has 0 saturated carbocycles. The van der Waals surface area contributed by atoms with Crippen LogP contribution in [0.5, 0.6) is 0 Å². The first-order valence-corrected chi connectivity index (χ1v) is 6.84. The molecule has 6 heteroatoms. The van der Waals surface area contributed by atoms with E-state index >= 15 is 0 Å². The average molecular weight is 271 g/mol. The highest BCUT2D eigenvalue weighted by Crippen LogP contribution is 2.12. The van der Waals surface area contributed by atoms with Crippen molar-refractivity contribution in [3.05, 3.63) is 0 Å². The molecule has 1 heterocycles. The van der Waals surface area contributed by atoms with Gasteiger partial charge in [-0.05, 0) is 38.3 Å². The number of hydrogen-bond acceptors (Lipinski definition) is 3. The zero-order valence-corrected chi connectivity index (χ0v) is 12.0. The standard InChI is InChI=1S/C13H25N3O3/c1-9(2)6-11(12(17)18)15-13(19)14-7-10-4-5-16(3)8-10/h9-11H,4-8H2,1-3H3,(H,17,18)(H2,14,15,19). The molecule has 0 radical (unpaired) electrons. The van der Waals surface area contributed by atoms with Crippen molar-refractivity contribution in [2.24, 2.45) is 11.8 Å². The van der Waals surface area contributed by atoms with E-state index in [0.717, 1.165) is 19.5 Å². The molecule has 0 aromatic carbocycles. The molecule has 0 aliphatic carbocycles. The summed E-state index contributed by atoms with van der Waals surface area (Å²) in [4.78, 5) is 24.9. The van der Waals surface area contributed by atoms with Crippen molar-refractivity contribution in [1.29, 1.82) is 0 Å². The van der Waals surface area contributed by atoms with Crippen LogP contribution in [0.15, 0.2) is 0 Å². The zero-order chi connectivity index (χ0) is 14.4. The van der Waals surface area contributed by atoms with Crippen molar-refractivity contribution in [3.63, 3.8) is 0 Å². The SMILES string of the molecule is CC(C)CC(NC(=O)NCC1CCN(C)C1)C(=O)O. The Morgan fingerprint density at radius 1 is 1.42 bits per heavy atom. The Morgan fingerprint density at radius 3 is 2.58 bits per heavy atom. The lowest BCUT2D eigenvalue weighted by atomic mass is 10.0. The predicted octanol–water partition coefficient (Wildman–Crippen LogP) is 0.737. The van der Waals surface area contributed by atoms with E-state index in [4.69, 9.17) is 5.11 Å². The van der Waals surface area contributed by atoms with Crippen molar-refractivity contribution in [3.8, 4) is 0 Å². The number of carbonyl (C=O) groups is 2. The van der Waals surface area contributed by atoms with Crippen LogP contribution in [0, 0.1) is 11.8 Å². The minimum atomic E-state index is -0.982. The first kappa shape index (κ1) is 15.8. The van der Waals surface area contributed by atoms with E-state index in [9.17, 15) is 9.59 Å². The average Bonchev–Trinajstić information content (AvgIpc) is 2.71. The monoisotopic (exact) mass is 271 g/mol. The number of amides is 2. The van der Waals surface area contributed by atoms with Gasteiger partial charge in [0, 0.05) is 13.1 Å². The van der Waals surface area contributed by atoms with E-state index in [1.165, 1.54) is 0 Å². The zero-order valence-electron chi connectivity index (χ0n) is 12.0. The van der Waals surface area contributed by atoms with Gasteiger partial charge in [0.05, 0.1) is 0 Å². The van der Waals surface area contributed by atoms with Gasteiger partial charge in [0.25, 0.3) is 0 Å². The van der Waals surface area contributed by atoms with Crippen LogP contribution in [-0.4, -0.2) is 54.7 Å². The minimum absolute atomic E-state index is 0.227. The molecular weight excluding hydrogens is 246 g/mol.